The lowest BCUT2D eigenvalue weighted by atomic mass is 10.2. The Hall–Kier alpha value is -1.24. The zero-order valence-corrected chi connectivity index (χ0v) is 11.4. The predicted molar refractivity (Wildman–Crippen MR) is 72.9 cm³/mol. The van der Waals surface area contributed by atoms with Gasteiger partial charge in [0.25, 0.3) is 0 Å². The molecular formula is C12H14N2O2S2. The Labute approximate surface area is 111 Å². The summed E-state index contributed by atoms with van der Waals surface area (Å²) in [6.07, 6.45) is 2.44. The van der Waals surface area contributed by atoms with Crippen LogP contribution < -0.4 is 4.72 Å². The first-order valence-electron chi connectivity index (χ1n) is 5.54. The molecule has 96 valence electrons. The van der Waals surface area contributed by atoms with E-state index in [1.165, 1.54) is 11.3 Å². The highest BCUT2D eigenvalue weighted by molar-refractivity contribution is 7.88. The van der Waals surface area contributed by atoms with Crippen LogP contribution in [-0.4, -0.2) is 19.9 Å². The molecule has 1 aromatic carbocycles. The van der Waals surface area contributed by atoms with Crippen LogP contribution in [0.3, 0.4) is 0 Å². The molecule has 1 N–H and O–H groups in total. The topological polar surface area (TPSA) is 59.1 Å². The second-order valence-corrected chi connectivity index (χ2v) is 6.63. The number of hydrogen-bond acceptors (Lipinski definition) is 4. The summed E-state index contributed by atoms with van der Waals surface area (Å²) in [6.45, 7) is 0.414. The number of aromatic nitrogens is 1. The third kappa shape index (κ3) is 4.21. The van der Waals surface area contributed by atoms with Gasteiger partial charge in [0, 0.05) is 17.6 Å². The Morgan fingerprint density at radius 1 is 1.22 bits per heavy atom. The highest BCUT2D eigenvalue weighted by Gasteiger charge is 2.10. The summed E-state index contributed by atoms with van der Waals surface area (Å²) in [4.78, 5) is 5.03. The number of sulfonamides is 1. The Morgan fingerprint density at radius 2 is 2.00 bits per heavy atom. The lowest BCUT2D eigenvalue weighted by Crippen LogP contribution is -2.27. The van der Waals surface area contributed by atoms with Crippen LogP contribution >= 0.6 is 11.3 Å². The minimum atomic E-state index is -3.25. The standard InChI is InChI=1S/C12H14N2O2S2/c15-18(16,9-11-4-2-1-3-5-11)14-7-6-12-8-13-10-17-12/h1-5,8,10,14H,6-7,9H2. The molecule has 6 heteroatoms. The molecule has 0 aliphatic heterocycles. The molecule has 0 fully saturated rings. The van der Waals surface area contributed by atoms with Crippen molar-refractivity contribution < 1.29 is 8.42 Å². The average Bonchev–Trinajstić information content (AvgIpc) is 2.82. The zero-order valence-electron chi connectivity index (χ0n) is 9.74. The lowest BCUT2D eigenvalue weighted by molar-refractivity contribution is 0.581. The van der Waals surface area contributed by atoms with Gasteiger partial charge in [-0.05, 0) is 12.0 Å². The molecule has 2 aromatic rings. The van der Waals surface area contributed by atoms with Gasteiger partial charge in [-0.25, -0.2) is 13.1 Å². The van der Waals surface area contributed by atoms with Gasteiger partial charge in [0.1, 0.15) is 0 Å². The highest BCUT2D eigenvalue weighted by atomic mass is 32.2. The maximum Gasteiger partial charge on any atom is 0.215 e. The van der Waals surface area contributed by atoms with Crippen molar-refractivity contribution in [1.29, 1.82) is 0 Å². The lowest BCUT2D eigenvalue weighted by Gasteiger charge is -2.05. The van der Waals surface area contributed by atoms with Gasteiger partial charge < -0.3 is 0 Å². The Morgan fingerprint density at radius 3 is 2.67 bits per heavy atom. The molecule has 0 amide bonds. The van der Waals surface area contributed by atoms with Gasteiger partial charge >= 0.3 is 0 Å². The van der Waals surface area contributed by atoms with Gasteiger partial charge in [0.05, 0.1) is 11.3 Å². The monoisotopic (exact) mass is 282 g/mol. The van der Waals surface area contributed by atoms with Crippen molar-refractivity contribution in [2.75, 3.05) is 6.54 Å². The van der Waals surface area contributed by atoms with Crippen molar-refractivity contribution in [3.8, 4) is 0 Å². The van der Waals surface area contributed by atoms with Crippen LogP contribution in [0.15, 0.2) is 42.0 Å². The Bertz CT molecular complexity index is 565. The van der Waals surface area contributed by atoms with Crippen molar-refractivity contribution in [3.05, 3.63) is 52.5 Å². The summed E-state index contributed by atoms with van der Waals surface area (Å²) in [7, 11) is -3.25. The molecule has 0 aliphatic rings. The van der Waals surface area contributed by atoms with Crippen LogP contribution in [0.1, 0.15) is 10.4 Å². The molecule has 0 atom stereocenters. The summed E-state index contributed by atoms with van der Waals surface area (Å²) in [6, 6.07) is 9.16. The van der Waals surface area contributed by atoms with E-state index in [2.05, 4.69) is 9.71 Å². The Kier molecular flexibility index (Phi) is 4.46. The van der Waals surface area contributed by atoms with E-state index in [0.717, 1.165) is 10.4 Å². The summed E-state index contributed by atoms with van der Waals surface area (Å²) in [5, 5.41) is 0. The summed E-state index contributed by atoms with van der Waals surface area (Å²) in [5.74, 6) is 0.0243. The second kappa shape index (κ2) is 6.08. The molecule has 2 rings (SSSR count). The number of nitrogens with zero attached hydrogens (tertiary/aromatic N) is 1. The van der Waals surface area contributed by atoms with Gasteiger partial charge in [0.15, 0.2) is 0 Å². The quantitative estimate of drug-likeness (QED) is 0.879. The molecule has 18 heavy (non-hydrogen) atoms. The van der Waals surface area contributed by atoms with E-state index in [0.29, 0.717) is 13.0 Å². The second-order valence-electron chi connectivity index (χ2n) is 3.86. The smallest absolute Gasteiger partial charge is 0.215 e. The van der Waals surface area contributed by atoms with Crippen LogP contribution in [0, 0.1) is 0 Å². The van der Waals surface area contributed by atoms with E-state index in [1.807, 2.05) is 30.3 Å². The van der Waals surface area contributed by atoms with E-state index in [-0.39, 0.29) is 5.75 Å². The first kappa shape index (κ1) is 13.2. The SMILES string of the molecule is O=S(=O)(Cc1ccccc1)NCCc1cncs1. The summed E-state index contributed by atoms with van der Waals surface area (Å²) in [5.41, 5.74) is 2.54. The fraction of sp³-hybridized carbons (Fsp3) is 0.250. The van der Waals surface area contributed by atoms with Crippen LogP contribution in [0.4, 0.5) is 0 Å². The molecule has 0 radical (unpaired) electrons. The van der Waals surface area contributed by atoms with E-state index < -0.39 is 10.0 Å². The largest absolute Gasteiger partial charge is 0.253 e. The minimum absolute atomic E-state index is 0.0243. The molecule has 0 bridgehead atoms. The average molecular weight is 282 g/mol. The normalized spacial score (nSPS) is 11.6. The van der Waals surface area contributed by atoms with E-state index in [9.17, 15) is 8.42 Å². The van der Waals surface area contributed by atoms with Gasteiger partial charge in [-0.1, -0.05) is 30.3 Å². The van der Waals surface area contributed by atoms with Crippen LogP contribution in [0.5, 0.6) is 0 Å². The Balaban J connectivity index is 1.84. The third-order valence-corrected chi connectivity index (χ3v) is 4.57. The molecule has 0 spiro atoms. The molecule has 1 aromatic heterocycles. The number of benzene rings is 1. The van der Waals surface area contributed by atoms with Gasteiger partial charge in [0.2, 0.25) is 10.0 Å². The van der Waals surface area contributed by atoms with Crippen molar-refractivity contribution >= 4 is 21.4 Å². The zero-order chi connectivity index (χ0) is 12.8. The summed E-state index contributed by atoms with van der Waals surface area (Å²) < 4.78 is 26.2. The van der Waals surface area contributed by atoms with Crippen LogP contribution in [0.2, 0.25) is 0 Å². The van der Waals surface area contributed by atoms with E-state index in [1.54, 1.807) is 11.7 Å². The molecule has 0 aliphatic carbocycles. The van der Waals surface area contributed by atoms with Crippen molar-refractivity contribution in [2.24, 2.45) is 0 Å². The number of hydrogen-bond donors (Lipinski definition) is 1. The molecule has 1 heterocycles. The highest BCUT2D eigenvalue weighted by Crippen LogP contribution is 2.07. The minimum Gasteiger partial charge on any atom is -0.253 e. The van der Waals surface area contributed by atoms with E-state index in [4.69, 9.17) is 0 Å². The number of thiazole rings is 1. The fourth-order valence-corrected chi connectivity index (χ4v) is 3.29. The van der Waals surface area contributed by atoms with Gasteiger partial charge in [-0.3, -0.25) is 4.98 Å². The predicted octanol–water partition coefficient (Wildman–Crippen LogP) is 1.81. The van der Waals surface area contributed by atoms with E-state index >= 15 is 0 Å². The first-order chi connectivity index (χ1) is 8.66. The molecule has 0 saturated heterocycles. The molecule has 4 nitrogen and oxygen atoms in total. The van der Waals surface area contributed by atoms with Crippen molar-refractivity contribution in [2.45, 2.75) is 12.2 Å². The fourth-order valence-electron chi connectivity index (χ4n) is 1.54. The van der Waals surface area contributed by atoms with Crippen molar-refractivity contribution in [3.63, 3.8) is 0 Å². The molecular weight excluding hydrogens is 268 g/mol. The third-order valence-electron chi connectivity index (χ3n) is 2.38. The van der Waals surface area contributed by atoms with Crippen LogP contribution in [0.25, 0.3) is 0 Å². The molecule has 0 saturated carbocycles. The van der Waals surface area contributed by atoms with Crippen molar-refractivity contribution in [1.82, 2.24) is 9.71 Å². The maximum absolute atomic E-state index is 11.8. The maximum atomic E-state index is 11.8. The van der Waals surface area contributed by atoms with Gasteiger partial charge in [-0.15, -0.1) is 11.3 Å². The number of rotatable bonds is 6. The summed E-state index contributed by atoms with van der Waals surface area (Å²) >= 11 is 1.53. The first-order valence-corrected chi connectivity index (χ1v) is 8.07. The molecule has 0 unspecified atom stereocenters. The van der Waals surface area contributed by atoms with Gasteiger partial charge in [-0.2, -0.15) is 0 Å². The van der Waals surface area contributed by atoms with Crippen LogP contribution in [-0.2, 0) is 22.2 Å². The number of nitrogens with one attached hydrogen (secondary N) is 1.